The van der Waals surface area contributed by atoms with Crippen LogP contribution in [-0.2, 0) is 0 Å². The third-order valence-corrected chi connectivity index (χ3v) is 13.4. The maximum Gasteiger partial charge on any atom is 0.159 e. The minimum absolute atomic E-state index is 0.851. The summed E-state index contributed by atoms with van der Waals surface area (Å²) in [5.74, 6) is 0. The lowest BCUT2D eigenvalue weighted by molar-refractivity contribution is 0.673. The molecule has 13 aromatic rings. The molecule has 0 aliphatic heterocycles. The lowest BCUT2D eigenvalue weighted by Crippen LogP contribution is -2.10. The van der Waals surface area contributed by atoms with Crippen LogP contribution in [0.1, 0.15) is 0 Å². The van der Waals surface area contributed by atoms with E-state index in [0.717, 1.165) is 66.5 Å². The Bertz CT molecular complexity index is 4000. The van der Waals surface area contributed by atoms with Crippen LogP contribution in [0, 0.1) is 0 Å². The first-order valence-corrected chi connectivity index (χ1v) is 22.7. The molecule has 0 unspecified atom stereocenters. The van der Waals surface area contributed by atoms with Crippen molar-refractivity contribution >= 4 is 82.1 Å². The zero-order valence-electron chi connectivity index (χ0n) is 36.0. The number of anilines is 3. The zero-order chi connectivity index (χ0) is 43.6. The molecular weight excluding hydrogens is 799 g/mol. The Morgan fingerprint density at radius 1 is 0.242 bits per heavy atom. The van der Waals surface area contributed by atoms with E-state index in [1.165, 1.54) is 60.1 Å². The van der Waals surface area contributed by atoms with Crippen LogP contribution >= 0.6 is 0 Å². The molecule has 1 aromatic heterocycles. The van der Waals surface area contributed by atoms with Gasteiger partial charge in [-0.15, -0.1) is 0 Å². The van der Waals surface area contributed by atoms with Crippen LogP contribution in [0.3, 0.4) is 0 Å². The summed E-state index contributed by atoms with van der Waals surface area (Å²) in [5.41, 5.74) is 14.3. The zero-order valence-corrected chi connectivity index (χ0v) is 36.0. The van der Waals surface area contributed by atoms with Gasteiger partial charge in [0, 0.05) is 27.5 Å². The molecule has 2 nitrogen and oxygen atoms in total. The van der Waals surface area contributed by atoms with Gasteiger partial charge in [-0.1, -0.05) is 200 Å². The van der Waals surface area contributed by atoms with Gasteiger partial charge in [0.1, 0.15) is 5.58 Å². The van der Waals surface area contributed by atoms with E-state index in [9.17, 15) is 0 Å². The second-order valence-corrected chi connectivity index (χ2v) is 17.2. The Labute approximate surface area is 382 Å². The fraction of sp³-hybridized carbons (Fsp3) is 0. The normalized spacial score (nSPS) is 11.6. The second kappa shape index (κ2) is 15.5. The third-order valence-electron chi connectivity index (χ3n) is 13.4. The molecular formula is C64H41NO. The van der Waals surface area contributed by atoms with Crippen LogP contribution in [0.15, 0.2) is 253 Å². The van der Waals surface area contributed by atoms with Gasteiger partial charge in [0.05, 0.1) is 5.69 Å². The van der Waals surface area contributed by atoms with Crippen molar-refractivity contribution in [2.24, 2.45) is 0 Å². The molecule has 0 fully saturated rings. The van der Waals surface area contributed by atoms with Gasteiger partial charge >= 0.3 is 0 Å². The van der Waals surface area contributed by atoms with Crippen molar-refractivity contribution in [3.8, 4) is 44.5 Å². The van der Waals surface area contributed by atoms with Crippen molar-refractivity contribution in [3.05, 3.63) is 249 Å². The molecule has 0 N–H and O–H groups in total. The Morgan fingerprint density at radius 2 is 0.712 bits per heavy atom. The van der Waals surface area contributed by atoms with E-state index in [4.69, 9.17) is 4.42 Å². The number of nitrogens with zero attached hydrogens (tertiary/aromatic N) is 1. The second-order valence-electron chi connectivity index (χ2n) is 17.2. The van der Waals surface area contributed by atoms with Crippen molar-refractivity contribution in [1.29, 1.82) is 0 Å². The van der Waals surface area contributed by atoms with E-state index in [1.54, 1.807) is 0 Å². The number of para-hydroxylation sites is 1. The molecule has 12 aromatic carbocycles. The quantitative estimate of drug-likeness (QED) is 0.149. The Morgan fingerprint density at radius 3 is 1.44 bits per heavy atom. The molecule has 0 amide bonds. The fourth-order valence-electron chi connectivity index (χ4n) is 10.3. The number of benzene rings is 12. The summed E-state index contributed by atoms with van der Waals surface area (Å²) in [6.45, 7) is 0. The van der Waals surface area contributed by atoms with Gasteiger partial charge < -0.3 is 9.32 Å². The largest absolute Gasteiger partial charge is 0.453 e. The van der Waals surface area contributed by atoms with Gasteiger partial charge in [-0.05, 0) is 131 Å². The van der Waals surface area contributed by atoms with Crippen LogP contribution < -0.4 is 4.90 Å². The van der Waals surface area contributed by atoms with Crippen LogP contribution in [0.25, 0.3) is 110 Å². The Balaban J connectivity index is 1.03. The van der Waals surface area contributed by atoms with Crippen molar-refractivity contribution in [2.45, 2.75) is 0 Å². The fourth-order valence-corrected chi connectivity index (χ4v) is 10.3. The van der Waals surface area contributed by atoms with E-state index in [0.29, 0.717) is 0 Å². The monoisotopic (exact) mass is 839 g/mol. The van der Waals surface area contributed by atoms with E-state index in [2.05, 4.69) is 254 Å². The minimum atomic E-state index is 0.851. The summed E-state index contributed by atoms with van der Waals surface area (Å²) in [7, 11) is 0. The Kier molecular flexibility index (Phi) is 8.89. The van der Waals surface area contributed by atoms with Crippen molar-refractivity contribution in [3.63, 3.8) is 0 Å². The van der Waals surface area contributed by atoms with Gasteiger partial charge in [0.25, 0.3) is 0 Å². The van der Waals surface area contributed by atoms with Crippen molar-refractivity contribution < 1.29 is 4.42 Å². The number of hydrogen-bond donors (Lipinski definition) is 0. The van der Waals surface area contributed by atoms with Gasteiger partial charge in [0.2, 0.25) is 0 Å². The SMILES string of the molecule is c1ccc(-c2c(-c3ccccc3)c3cc(-c4cccc(N(c5cccc(-c6ccc7ccccc7c6)c5)c5cccc6c5oc5c7ccccc7ccc65)c4)ccc3c3ccccc23)cc1. The molecule has 0 atom stereocenters. The van der Waals surface area contributed by atoms with Crippen LogP contribution in [-0.4, -0.2) is 0 Å². The van der Waals surface area contributed by atoms with Gasteiger partial charge in [-0.3, -0.25) is 0 Å². The summed E-state index contributed by atoms with van der Waals surface area (Å²) in [6, 6.07) is 90.3. The molecule has 0 saturated carbocycles. The Hall–Kier alpha value is -8.72. The molecule has 0 radical (unpaired) electrons. The maximum absolute atomic E-state index is 7.04. The smallest absolute Gasteiger partial charge is 0.159 e. The highest BCUT2D eigenvalue weighted by Gasteiger charge is 2.22. The molecule has 66 heavy (non-hydrogen) atoms. The van der Waals surface area contributed by atoms with Crippen LogP contribution in [0.5, 0.6) is 0 Å². The number of hydrogen-bond acceptors (Lipinski definition) is 2. The first kappa shape index (κ1) is 37.8. The molecule has 0 spiro atoms. The molecule has 13 rings (SSSR count). The lowest BCUT2D eigenvalue weighted by atomic mass is 9.84. The summed E-state index contributed by atoms with van der Waals surface area (Å²) in [4.78, 5) is 2.37. The first-order valence-electron chi connectivity index (χ1n) is 22.7. The van der Waals surface area contributed by atoms with Gasteiger partial charge in [-0.2, -0.15) is 0 Å². The average molecular weight is 840 g/mol. The summed E-state index contributed by atoms with van der Waals surface area (Å²) in [6.07, 6.45) is 0. The van der Waals surface area contributed by atoms with Gasteiger partial charge in [-0.25, -0.2) is 0 Å². The summed E-state index contributed by atoms with van der Waals surface area (Å²) in [5, 5.41) is 11.9. The molecule has 0 aliphatic carbocycles. The molecule has 0 bridgehead atoms. The highest BCUT2D eigenvalue weighted by atomic mass is 16.3. The van der Waals surface area contributed by atoms with E-state index < -0.39 is 0 Å². The standard InChI is InChI=1S/C64H41NO/c1-3-18-44(19-4-1)61-56-29-12-11-28-54(56)55-36-35-50(41-59(55)62(61)45-20-5-2-6-21-45)48-24-14-26-52(40-48)65(51-25-13-23-47(39-51)49-33-32-42-16-7-8-22-46(42)38-49)60-31-15-30-57-58-37-34-43-17-9-10-27-53(43)63(58)66-64(57)60/h1-41H. The summed E-state index contributed by atoms with van der Waals surface area (Å²) >= 11 is 0. The van der Waals surface area contributed by atoms with E-state index in [-0.39, 0.29) is 0 Å². The van der Waals surface area contributed by atoms with Crippen molar-refractivity contribution in [1.82, 2.24) is 0 Å². The molecule has 308 valence electrons. The van der Waals surface area contributed by atoms with Crippen LogP contribution in [0.2, 0.25) is 0 Å². The lowest BCUT2D eigenvalue weighted by Gasteiger charge is -2.26. The number of furan rings is 1. The highest BCUT2D eigenvalue weighted by molar-refractivity contribution is 6.22. The average Bonchev–Trinajstić information content (AvgIpc) is 3.79. The van der Waals surface area contributed by atoms with E-state index >= 15 is 0 Å². The topological polar surface area (TPSA) is 16.4 Å². The summed E-state index contributed by atoms with van der Waals surface area (Å²) < 4.78 is 7.04. The van der Waals surface area contributed by atoms with E-state index in [1.807, 2.05) is 0 Å². The number of fused-ring (bicyclic) bond motifs is 9. The van der Waals surface area contributed by atoms with Crippen molar-refractivity contribution in [2.75, 3.05) is 4.90 Å². The molecule has 0 aliphatic rings. The maximum atomic E-state index is 7.04. The molecule has 1 heterocycles. The van der Waals surface area contributed by atoms with Gasteiger partial charge in [0.15, 0.2) is 5.58 Å². The predicted molar refractivity (Wildman–Crippen MR) is 280 cm³/mol. The molecule has 2 heteroatoms. The van der Waals surface area contributed by atoms with Crippen LogP contribution in [0.4, 0.5) is 17.1 Å². The minimum Gasteiger partial charge on any atom is -0.453 e. The highest BCUT2D eigenvalue weighted by Crippen LogP contribution is 2.48. The predicted octanol–water partition coefficient (Wildman–Crippen LogP) is 18.3. The first-order chi connectivity index (χ1) is 32.7. The third kappa shape index (κ3) is 6.26. The number of rotatable bonds is 7. The molecule has 0 saturated heterocycles.